The standard InChI is InChI=1S/C16H20N2OS/c1-2-11-17-12-16(19)18-13-7-9-15(10-8-13)20-14-5-3-4-6-14/h1,7-10,14,17H,3-6,11-12H2,(H,18,19). The summed E-state index contributed by atoms with van der Waals surface area (Å²) in [7, 11) is 0. The molecule has 1 aliphatic rings. The summed E-state index contributed by atoms with van der Waals surface area (Å²) < 4.78 is 0. The van der Waals surface area contributed by atoms with E-state index in [1.54, 1.807) is 0 Å². The van der Waals surface area contributed by atoms with Crippen LogP contribution in [-0.2, 0) is 4.79 Å². The molecule has 20 heavy (non-hydrogen) atoms. The van der Waals surface area contributed by atoms with Crippen molar-refractivity contribution in [2.24, 2.45) is 0 Å². The third-order valence-electron chi connectivity index (χ3n) is 3.26. The number of rotatable bonds is 6. The zero-order valence-corrected chi connectivity index (χ0v) is 12.3. The molecule has 0 aliphatic heterocycles. The zero-order chi connectivity index (χ0) is 14.2. The highest BCUT2D eigenvalue weighted by Gasteiger charge is 2.15. The van der Waals surface area contributed by atoms with Gasteiger partial charge in [0.05, 0.1) is 13.1 Å². The number of hydrogen-bond donors (Lipinski definition) is 2. The molecule has 0 aromatic heterocycles. The SMILES string of the molecule is C#CCNCC(=O)Nc1ccc(SC2CCCC2)cc1. The van der Waals surface area contributed by atoms with E-state index in [9.17, 15) is 4.79 Å². The summed E-state index contributed by atoms with van der Waals surface area (Å²) in [6, 6.07) is 8.06. The molecule has 3 nitrogen and oxygen atoms in total. The molecule has 2 rings (SSSR count). The van der Waals surface area contributed by atoms with E-state index < -0.39 is 0 Å². The molecule has 0 spiro atoms. The summed E-state index contributed by atoms with van der Waals surface area (Å²) in [6.07, 6.45) is 10.5. The Bertz CT molecular complexity index is 472. The Morgan fingerprint density at radius 2 is 2.00 bits per heavy atom. The molecule has 0 heterocycles. The maximum Gasteiger partial charge on any atom is 0.238 e. The second kappa shape index (κ2) is 7.98. The summed E-state index contributed by atoms with van der Waals surface area (Å²) in [6.45, 7) is 0.646. The molecule has 106 valence electrons. The average Bonchev–Trinajstić information content (AvgIpc) is 2.94. The van der Waals surface area contributed by atoms with Crippen molar-refractivity contribution in [3.05, 3.63) is 24.3 Å². The normalized spacial score (nSPS) is 14.9. The maximum atomic E-state index is 11.6. The molecular formula is C16H20N2OS. The molecule has 0 atom stereocenters. The van der Waals surface area contributed by atoms with Gasteiger partial charge >= 0.3 is 0 Å². The van der Waals surface area contributed by atoms with Crippen LogP contribution >= 0.6 is 11.8 Å². The number of thioether (sulfide) groups is 1. The van der Waals surface area contributed by atoms with E-state index in [1.165, 1.54) is 30.6 Å². The number of carbonyl (C=O) groups is 1. The lowest BCUT2D eigenvalue weighted by molar-refractivity contribution is -0.115. The van der Waals surface area contributed by atoms with Crippen LogP contribution in [0.25, 0.3) is 0 Å². The maximum absolute atomic E-state index is 11.6. The van der Waals surface area contributed by atoms with Gasteiger partial charge in [-0.3, -0.25) is 10.1 Å². The molecule has 1 aromatic rings. The first-order valence-corrected chi connectivity index (χ1v) is 7.86. The second-order valence-electron chi connectivity index (χ2n) is 4.90. The van der Waals surface area contributed by atoms with E-state index in [4.69, 9.17) is 6.42 Å². The minimum Gasteiger partial charge on any atom is -0.325 e. The number of nitrogens with one attached hydrogen (secondary N) is 2. The molecule has 4 heteroatoms. The van der Waals surface area contributed by atoms with Crippen molar-refractivity contribution in [1.82, 2.24) is 5.32 Å². The molecule has 1 aliphatic carbocycles. The van der Waals surface area contributed by atoms with Gasteiger partial charge in [0.15, 0.2) is 0 Å². The van der Waals surface area contributed by atoms with E-state index in [-0.39, 0.29) is 12.5 Å². The number of amides is 1. The zero-order valence-electron chi connectivity index (χ0n) is 11.5. The van der Waals surface area contributed by atoms with Crippen molar-refractivity contribution in [3.63, 3.8) is 0 Å². The van der Waals surface area contributed by atoms with E-state index in [0.29, 0.717) is 6.54 Å². The summed E-state index contributed by atoms with van der Waals surface area (Å²) in [5.41, 5.74) is 0.827. The summed E-state index contributed by atoms with van der Waals surface area (Å²) in [4.78, 5) is 12.9. The molecule has 1 aromatic carbocycles. The highest BCUT2D eigenvalue weighted by Crippen LogP contribution is 2.34. The molecule has 0 radical (unpaired) electrons. The number of hydrogen-bond acceptors (Lipinski definition) is 3. The predicted octanol–water partition coefficient (Wildman–Crippen LogP) is 2.88. The first kappa shape index (κ1) is 15.0. The Morgan fingerprint density at radius 1 is 1.30 bits per heavy atom. The van der Waals surface area contributed by atoms with Crippen molar-refractivity contribution in [1.29, 1.82) is 0 Å². The fourth-order valence-corrected chi connectivity index (χ4v) is 3.52. The van der Waals surface area contributed by atoms with Crippen LogP contribution in [-0.4, -0.2) is 24.2 Å². The topological polar surface area (TPSA) is 41.1 Å². The van der Waals surface area contributed by atoms with Gasteiger partial charge in [-0.2, -0.15) is 0 Å². The molecular weight excluding hydrogens is 268 g/mol. The fraction of sp³-hybridized carbons (Fsp3) is 0.438. The summed E-state index contributed by atoms with van der Waals surface area (Å²) in [5.74, 6) is 2.36. The summed E-state index contributed by atoms with van der Waals surface area (Å²) in [5, 5.41) is 6.47. The van der Waals surface area contributed by atoms with Gasteiger partial charge in [0.2, 0.25) is 5.91 Å². The van der Waals surface area contributed by atoms with Crippen LogP contribution in [0.4, 0.5) is 5.69 Å². The molecule has 0 unspecified atom stereocenters. The van der Waals surface area contributed by atoms with Crippen molar-refractivity contribution in [2.75, 3.05) is 18.4 Å². The Morgan fingerprint density at radius 3 is 2.65 bits per heavy atom. The van der Waals surface area contributed by atoms with Crippen LogP contribution in [0.2, 0.25) is 0 Å². The minimum atomic E-state index is -0.0727. The van der Waals surface area contributed by atoms with Crippen LogP contribution in [0, 0.1) is 12.3 Å². The smallest absolute Gasteiger partial charge is 0.238 e. The highest BCUT2D eigenvalue weighted by molar-refractivity contribution is 8.00. The van der Waals surface area contributed by atoms with Crippen LogP contribution in [0.15, 0.2) is 29.2 Å². The second-order valence-corrected chi connectivity index (χ2v) is 6.28. The Balaban J connectivity index is 1.78. The quantitative estimate of drug-likeness (QED) is 0.625. The van der Waals surface area contributed by atoms with Crippen LogP contribution in [0.5, 0.6) is 0 Å². The van der Waals surface area contributed by atoms with Crippen molar-refractivity contribution in [3.8, 4) is 12.3 Å². The molecule has 1 fully saturated rings. The van der Waals surface area contributed by atoms with Crippen LogP contribution < -0.4 is 10.6 Å². The van der Waals surface area contributed by atoms with Crippen LogP contribution in [0.1, 0.15) is 25.7 Å². The number of anilines is 1. The lowest BCUT2D eigenvalue weighted by Crippen LogP contribution is -2.28. The monoisotopic (exact) mass is 288 g/mol. The van der Waals surface area contributed by atoms with Crippen molar-refractivity contribution >= 4 is 23.4 Å². The van der Waals surface area contributed by atoms with Gasteiger partial charge in [-0.25, -0.2) is 0 Å². The van der Waals surface area contributed by atoms with Gasteiger partial charge in [0.1, 0.15) is 0 Å². The van der Waals surface area contributed by atoms with Gasteiger partial charge in [0, 0.05) is 15.8 Å². The Labute approximate surface area is 124 Å². The first-order valence-electron chi connectivity index (χ1n) is 6.98. The minimum absolute atomic E-state index is 0.0727. The number of benzene rings is 1. The van der Waals surface area contributed by atoms with Gasteiger partial charge in [-0.1, -0.05) is 18.8 Å². The van der Waals surface area contributed by atoms with Gasteiger partial charge in [-0.15, -0.1) is 18.2 Å². The Kier molecular flexibility index (Phi) is 5.97. The van der Waals surface area contributed by atoms with Gasteiger partial charge in [0.25, 0.3) is 0 Å². The third kappa shape index (κ3) is 4.92. The number of carbonyl (C=O) groups excluding carboxylic acids is 1. The lowest BCUT2D eigenvalue weighted by atomic mass is 10.3. The fourth-order valence-electron chi connectivity index (χ4n) is 2.27. The largest absolute Gasteiger partial charge is 0.325 e. The van der Waals surface area contributed by atoms with Gasteiger partial charge in [-0.05, 0) is 37.1 Å². The molecule has 0 saturated heterocycles. The molecule has 1 amide bonds. The highest BCUT2D eigenvalue weighted by atomic mass is 32.2. The Hall–Kier alpha value is -1.44. The average molecular weight is 288 g/mol. The predicted molar refractivity (Wildman–Crippen MR) is 84.9 cm³/mol. The third-order valence-corrected chi connectivity index (χ3v) is 4.60. The molecule has 1 saturated carbocycles. The van der Waals surface area contributed by atoms with E-state index in [0.717, 1.165) is 10.9 Å². The molecule has 2 N–H and O–H groups in total. The van der Waals surface area contributed by atoms with Crippen molar-refractivity contribution < 1.29 is 4.79 Å². The first-order chi connectivity index (χ1) is 9.78. The van der Waals surface area contributed by atoms with E-state index in [1.807, 2.05) is 23.9 Å². The van der Waals surface area contributed by atoms with Crippen molar-refractivity contribution in [2.45, 2.75) is 35.8 Å². The summed E-state index contributed by atoms with van der Waals surface area (Å²) >= 11 is 1.95. The van der Waals surface area contributed by atoms with E-state index in [2.05, 4.69) is 28.7 Å². The lowest BCUT2D eigenvalue weighted by Gasteiger charge is -2.10. The number of terminal acetylenes is 1. The van der Waals surface area contributed by atoms with Crippen LogP contribution in [0.3, 0.4) is 0 Å². The van der Waals surface area contributed by atoms with Gasteiger partial charge < -0.3 is 5.32 Å². The van der Waals surface area contributed by atoms with E-state index >= 15 is 0 Å². The molecule has 0 bridgehead atoms.